The van der Waals surface area contributed by atoms with E-state index in [-0.39, 0.29) is 0 Å². The molecule has 2 nitrogen and oxygen atoms in total. The van der Waals surface area contributed by atoms with E-state index in [1.165, 1.54) is 31.4 Å². The van der Waals surface area contributed by atoms with Crippen molar-refractivity contribution in [3.63, 3.8) is 0 Å². The van der Waals surface area contributed by atoms with Gasteiger partial charge in [0, 0.05) is 17.5 Å². The van der Waals surface area contributed by atoms with E-state index in [1.807, 2.05) is 5.51 Å². The average molecular weight is 238 g/mol. The van der Waals surface area contributed by atoms with Crippen LogP contribution in [0.15, 0.2) is 10.9 Å². The van der Waals surface area contributed by atoms with Crippen LogP contribution in [0.3, 0.4) is 0 Å². The molecule has 0 radical (unpaired) electrons. The number of hydrogen-bond acceptors (Lipinski definition) is 3. The molecule has 0 aliphatic heterocycles. The third kappa shape index (κ3) is 3.05. The van der Waals surface area contributed by atoms with Gasteiger partial charge < -0.3 is 5.32 Å². The van der Waals surface area contributed by atoms with Crippen LogP contribution in [0, 0.1) is 5.41 Å². The van der Waals surface area contributed by atoms with Crippen LogP contribution in [-0.4, -0.2) is 11.0 Å². The van der Waals surface area contributed by atoms with Gasteiger partial charge in [0.05, 0.1) is 11.2 Å². The molecule has 0 bridgehead atoms. The van der Waals surface area contributed by atoms with Gasteiger partial charge in [0.1, 0.15) is 0 Å². The van der Waals surface area contributed by atoms with Crippen molar-refractivity contribution in [3.05, 3.63) is 16.6 Å². The Balaban J connectivity index is 1.83. The molecule has 1 fully saturated rings. The van der Waals surface area contributed by atoms with Crippen LogP contribution < -0.4 is 5.32 Å². The topological polar surface area (TPSA) is 24.9 Å². The van der Waals surface area contributed by atoms with Crippen LogP contribution in [0.5, 0.6) is 0 Å². The van der Waals surface area contributed by atoms with Gasteiger partial charge in [0.2, 0.25) is 0 Å². The van der Waals surface area contributed by atoms with E-state index in [0.717, 1.165) is 0 Å². The second kappa shape index (κ2) is 4.84. The highest BCUT2D eigenvalue weighted by Crippen LogP contribution is 2.35. The molecule has 1 aromatic heterocycles. The minimum Gasteiger partial charge on any atom is -0.306 e. The molecular formula is C13H22N2S. The average Bonchev–Trinajstić information content (AvgIpc) is 2.74. The third-order valence-corrected chi connectivity index (χ3v) is 4.32. The summed E-state index contributed by atoms with van der Waals surface area (Å²) in [5.41, 5.74) is 3.66. The van der Waals surface area contributed by atoms with Crippen molar-refractivity contribution in [2.45, 2.75) is 58.5 Å². The SMILES string of the molecule is CC(NC1CCC(C)(C)CC1)c1cscn1. The fraction of sp³-hybridized carbons (Fsp3) is 0.769. The number of nitrogens with zero attached hydrogens (tertiary/aromatic N) is 1. The molecule has 1 unspecified atom stereocenters. The normalized spacial score (nSPS) is 23.2. The van der Waals surface area contributed by atoms with Crippen molar-refractivity contribution < 1.29 is 0 Å². The summed E-state index contributed by atoms with van der Waals surface area (Å²) in [5.74, 6) is 0. The van der Waals surface area contributed by atoms with Crippen molar-refractivity contribution in [3.8, 4) is 0 Å². The van der Waals surface area contributed by atoms with Gasteiger partial charge in [-0.3, -0.25) is 0 Å². The summed E-state index contributed by atoms with van der Waals surface area (Å²) in [4.78, 5) is 4.37. The molecular weight excluding hydrogens is 216 g/mol. The van der Waals surface area contributed by atoms with Gasteiger partial charge in [-0.15, -0.1) is 11.3 Å². The zero-order valence-electron chi connectivity index (χ0n) is 10.5. The molecule has 1 aliphatic carbocycles. The minimum atomic E-state index is 0.400. The van der Waals surface area contributed by atoms with Gasteiger partial charge in [0.25, 0.3) is 0 Å². The van der Waals surface area contributed by atoms with Crippen molar-refractivity contribution in [2.24, 2.45) is 5.41 Å². The van der Waals surface area contributed by atoms with Crippen molar-refractivity contribution in [1.82, 2.24) is 10.3 Å². The third-order valence-electron chi connectivity index (χ3n) is 3.72. The fourth-order valence-electron chi connectivity index (χ4n) is 2.44. The maximum Gasteiger partial charge on any atom is 0.0795 e. The maximum absolute atomic E-state index is 4.37. The van der Waals surface area contributed by atoms with E-state index in [9.17, 15) is 0 Å². The molecule has 1 saturated carbocycles. The Hall–Kier alpha value is -0.410. The van der Waals surface area contributed by atoms with E-state index in [4.69, 9.17) is 0 Å². The van der Waals surface area contributed by atoms with Gasteiger partial charge >= 0.3 is 0 Å². The Labute approximate surface area is 102 Å². The molecule has 1 heterocycles. The smallest absolute Gasteiger partial charge is 0.0795 e. The second-order valence-electron chi connectivity index (χ2n) is 5.74. The Morgan fingerprint density at radius 1 is 1.44 bits per heavy atom. The zero-order valence-corrected chi connectivity index (χ0v) is 11.3. The van der Waals surface area contributed by atoms with Crippen LogP contribution in [0.4, 0.5) is 0 Å². The number of thiazole rings is 1. The molecule has 3 heteroatoms. The Morgan fingerprint density at radius 2 is 2.12 bits per heavy atom. The van der Waals surface area contributed by atoms with Crippen molar-refractivity contribution >= 4 is 11.3 Å². The first kappa shape index (κ1) is 12.1. The first-order chi connectivity index (χ1) is 7.57. The first-order valence-electron chi connectivity index (χ1n) is 6.21. The number of hydrogen-bond donors (Lipinski definition) is 1. The summed E-state index contributed by atoms with van der Waals surface area (Å²) >= 11 is 1.68. The van der Waals surface area contributed by atoms with Crippen molar-refractivity contribution in [1.29, 1.82) is 0 Å². The highest BCUT2D eigenvalue weighted by molar-refractivity contribution is 7.07. The standard InChI is InChI=1S/C13H22N2S/c1-10(12-8-16-9-14-12)15-11-4-6-13(2,3)7-5-11/h8-11,15H,4-7H2,1-3H3. The van der Waals surface area contributed by atoms with Crippen molar-refractivity contribution in [2.75, 3.05) is 0 Å². The van der Waals surface area contributed by atoms with Gasteiger partial charge in [-0.25, -0.2) is 4.98 Å². The van der Waals surface area contributed by atoms with E-state index < -0.39 is 0 Å². The van der Waals surface area contributed by atoms with E-state index in [1.54, 1.807) is 11.3 Å². The molecule has 2 rings (SSSR count). The van der Waals surface area contributed by atoms with Gasteiger partial charge in [-0.05, 0) is 38.0 Å². The Morgan fingerprint density at radius 3 is 2.69 bits per heavy atom. The first-order valence-corrected chi connectivity index (χ1v) is 7.15. The largest absolute Gasteiger partial charge is 0.306 e. The minimum absolute atomic E-state index is 0.400. The lowest BCUT2D eigenvalue weighted by atomic mass is 9.75. The molecule has 90 valence electrons. The van der Waals surface area contributed by atoms with Crippen LogP contribution in [-0.2, 0) is 0 Å². The molecule has 0 saturated heterocycles. The lowest BCUT2D eigenvalue weighted by molar-refractivity contribution is 0.199. The van der Waals surface area contributed by atoms with E-state index in [2.05, 4.69) is 36.5 Å². The number of aromatic nitrogens is 1. The molecule has 0 aromatic carbocycles. The zero-order chi connectivity index (χ0) is 11.6. The monoisotopic (exact) mass is 238 g/mol. The predicted molar refractivity (Wildman–Crippen MR) is 69.7 cm³/mol. The fourth-order valence-corrected chi connectivity index (χ4v) is 3.09. The van der Waals surface area contributed by atoms with Crippen LogP contribution >= 0.6 is 11.3 Å². The van der Waals surface area contributed by atoms with Gasteiger partial charge in [0.15, 0.2) is 0 Å². The van der Waals surface area contributed by atoms with E-state index >= 15 is 0 Å². The maximum atomic E-state index is 4.37. The Bertz CT molecular complexity index is 309. The second-order valence-corrected chi connectivity index (χ2v) is 6.46. The lowest BCUT2D eigenvalue weighted by Gasteiger charge is -2.35. The summed E-state index contributed by atoms with van der Waals surface area (Å²) < 4.78 is 0. The molecule has 1 aromatic rings. The van der Waals surface area contributed by atoms with Gasteiger partial charge in [-0.2, -0.15) is 0 Å². The predicted octanol–water partition coefficient (Wildman–Crippen LogP) is 3.76. The number of rotatable bonds is 3. The highest BCUT2D eigenvalue weighted by Gasteiger charge is 2.27. The molecule has 0 amide bonds. The molecule has 1 N–H and O–H groups in total. The summed E-state index contributed by atoms with van der Waals surface area (Å²) in [5, 5.41) is 5.85. The van der Waals surface area contributed by atoms with E-state index in [0.29, 0.717) is 17.5 Å². The lowest BCUT2D eigenvalue weighted by Crippen LogP contribution is -2.37. The quantitative estimate of drug-likeness (QED) is 0.867. The van der Waals surface area contributed by atoms with Crippen LogP contribution in [0.2, 0.25) is 0 Å². The molecule has 1 atom stereocenters. The Kier molecular flexibility index (Phi) is 3.65. The summed E-state index contributed by atoms with van der Waals surface area (Å²) in [6.07, 6.45) is 5.30. The van der Waals surface area contributed by atoms with Crippen LogP contribution in [0.25, 0.3) is 0 Å². The van der Waals surface area contributed by atoms with Gasteiger partial charge in [-0.1, -0.05) is 13.8 Å². The summed E-state index contributed by atoms with van der Waals surface area (Å²) in [6.45, 7) is 6.98. The number of nitrogens with one attached hydrogen (secondary N) is 1. The molecule has 16 heavy (non-hydrogen) atoms. The summed E-state index contributed by atoms with van der Waals surface area (Å²) in [6, 6.07) is 1.09. The van der Waals surface area contributed by atoms with Crippen LogP contribution in [0.1, 0.15) is 58.2 Å². The highest BCUT2D eigenvalue weighted by atomic mass is 32.1. The summed E-state index contributed by atoms with van der Waals surface area (Å²) in [7, 11) is 0. The molecule has 0 spiro atoms. The molecule has 1 aliphatic rings.